The van der Waals surface area contributed by atoms with Crippen molar-refractivity contribution in [2.75, 3.05) is 20.3 Å². The van der Waals surface area contributed by atoms with E-state index in [9.17, 15) is 9.18 Å². The van der Waals surface area contributed by atoms with Crippen LogP contribution in [0.15, 0.2) is 51.9 Å². The minimum Gasteiger partial charge on any atom is -0.493 e. The van der Waals surface area contributed by atoms with Crippen LogP contribution in [-0.4, -0.2) is 32.3 Å². The molecule has 1 saturated heterocycles. The second kappa shape index (κ2) is 8.67. The van der Waals surface area contributed by atoms with Crippen molar-refractivity contribution in [1.29, 1.82) is 0 Å². The minimum absolute atomic E-state index is 0.0196. The molecule has 2 aromatic carbocycles. The van der Waals surface area contributed by atoms with E-state index in [1.165, 1.54) is 12.1 Å². The summed E-state index contributed by atoms with van der Waals surface area (Å²) in [7, 11) is 1.55. The molecule has 1 aliphatic heterocycles. The molecule has 7 heteroatoms. The second-order valence-electron chi connectivity index (χ2n) is 7.23. The second-order valence-corrected chi connectivity index (χ2v) is 7.23. The number of nitrogens with one attached hydrogen (secondary N) is 1. The van der Waals surface area contributed by atoms with Gasteiger partial charge in [0.1, 0.15) is 11.4 Å². The lowest BCUT2D eigenvalue weighted by atomic mass is 10.1. The van der Waals surface area contributed by atoms with Crippen LogP contribution in [0, 0.1) is 12.7 Å². The molecule has 0 aliphatic carbocycles. The van der Waals surface area contributed by atoms with Crippen molar-refractivity contribution in [3.8, 4) is 5.75 Å². The molecule has 1 N–H and O–H groups in total. The van der Waals surface area contributed by atoms with Crippen LogP contribution >= 0.6 is 0 Å². The van der Waals surface area contributed by atoms with E-state index >= 15 is 0 Å². The smallest absolute Gasteiger partial charge is 0.256 e. The molecule has 1 aliphatic rings. The number of rotatable bonds is 5. The van der Waals surface area contributed by atoms with Crippen molar-refractivity contribution >= 4 is 22.6 Å². The number of ether oxygens (including phenoxy) is 2. The Balaban J connectivity index is 1.81. The Hall–Kier alpha value is -3.19. The van der Waals surface area contributed by atoms with Crippen LogP contribution in [0.1, 0.15) is 28.8 Å². The number of nitrogens with zero attached hydrogens (tertiary/aromatic N) is 1. The summed E-state index contributed by atoms with van der Waals surface area (Å²) in [4.78, 5) is 17.5. The molecular weight excluding hydrogens is 387 g/mol. The van der Waals surface area contributed by atoms with Gasteiger partial charge in [-0.2, -0.15) is 0 Å². The zero-order valence-electron chi connectivity index (χ0n) is 16.9. The molecule has 1 unspecified atom stereocenters. The topological polar surface area (TPSA) is 73.1 Å². The van der Waals surface area contributed by atoms with E-state index in [0.29, 0.717) is 34.5 Å². The van der Waals surface area contributed by atoms with Gasteiger partial charge in [0.05, 0.1) is 18.9 Å². The molecule has 1 amide bonds. The van der Waals surface area contributed by atoms with Crippen LogP contribution in [0.4, 0.5) is 10.1 Å². The Bertz CT molecular complexity index is 1150. The predicted molar refractivity (Wildman–Crippen MR) is 110 cm³/mol. The molecule has 6 nitrogen and oxygen atoms in total. The lowest BCUT2D eigenvalue weighted by Crippen LogP contribution is -2.34. The lowest BCUT2D eigenvalue weighted by Gasteiger charge is -2.12. The third-order valence-corrected chi connectivity index (χ3v) is 5.10. The van der Waals surface area contributed by atoms with Crippen LogP contribution in [0.3, 0.4) is 0 Å². The highest BCUT2D eigenvalue weighted by Crippen LogP contribution is 2.25. The quantitative estimate of drug-likeness (QED) is 0.689. The maximum Gasteiger partial charge on any atom is 0.256 e. The van der Waals surface area contributed by atoms with Crippen LogP contribution in [-0.2, 0) is 4.74 Å². The standard InChI is InChI=1S/C23H23FN2O4/c1-14-11-16(24)8-9-19(14)26-23-18(22(27)25-13-17-6-4-10-29-17)12-15-5-3-7-20(28-2)21(15)30-23/h3,5,7-9,11-12,17H,4,6,10,13H2,1-2H3,(H,25,27). The number of hydrogen-bond acceptors (Lipinski definition) is 5. The first-order valence-electron chi connectivity index (χ1n) is 9.86. The largest absolute Gasteiger partial charge is 0.493 e. The van der Waals surface area contributed by atoms with Crippen LogP contribution < -0.4 is 15.6 Å². The molecule has 0 saturated carbocycles. The molecule has 4 rings (SSSR count). The summed E-state index contributed by atoms with van der Waals surface area (Å²) in [6, 6.07) is 11.4. The third-order valence-electron chi connectivity index (χ3n) is 5.10. The van der Waals surface area contributed by atoms with Gasteiger partial charge >= 0.3 is 0 Å². The van der Waals surface area contributed by atoms with Gasteiger partial charge in [0.25, 0.3) is 5.91 Å². The lowest BCUT2D eigenvalue weighted by molar-refractivity contribution is 0.0854. The number of amides is 1. The Morgan fingerprint density at radius 1 is 1.30 bits per heavy atom. The molecule has 2 heterocycles. The molecule has 1 aromatic heterocycles. The molecule has 0 spiro atoms. The van der Waals surface area contributed by atoms with Gasteiger partial charge in [-0.25, -0.2) is 9.38 Å². The van der Waals surface area contributed by atoms with Crippen molar-refractivity contribution in [2.24, 2.45) is 4.99 Å². The molecule has 3 aromatic rings. The highest BCUT2D eigenvalue weighted by Gasteiger charge is 2.19. The highest BCUT2D eigenvalue weighted by molar-refractivity contribution is 5.97. The fourth-order valence-corrected chi connectivity index (χ4v) is 3.49. The van der Waals surface area contributed by atoms with E-state index < -0.39 is 0 Å². The highest BCUT2D eigenvalue weighted by atomic mass is 19.1. The summed E-state index contributed by atoms with van der Waals surface area (Å²) in [5.74, 6) is -0.123. The van der Waals surface area contributed by atoms with Crippen LogP contribution in [0.25, 0.3) is 11.0 Å². The number of para-hydroxylation sites is 1. The van der Waals surface area contributed by atoms with Crippen LogP contribution in [0.5, 0.6) is 5.75 Å². The molecule has 30 heavy (non-hydrogen) atoms. The number of carbonyl (C=O) groups is 1. The van der Waals surface area contributed by atoms with Crippen molar-refractivity contribution < 1.29 is 23.1 Å². The molecule has 1 fully saturated rings. The van der Waals surface area contributed by atoms with E-state index in [4.69, 9.17) is 13.9 Å². The predicted octanol–water partition coefficient (Wildman–Crippen LogP) is 4.03. The van der Waals surface area contributed by atoms with E-state index in [-0.39, 0.29) is 28.9 Å². The van der Waals surface area contributed by atoms with Crippen molar-refractivity contribution in [2.45, 2.75) is 25.9 Å². The van der Waals surface area contributed by atoms with Gasteiger partial charge in [-0.05, 0) is 55.7 Å². The van der Waals surface area contributed by atoms with Gasteiger partial charge in [0.15, 0.2) is 11.3 Å². The third kappa shape index (κ3) is 4.21. The molecular formula is C23H23FN2O4. The molecule has 0 bridgehead atoms. The zero-order chi connectivity index (χ0) is 21.1. The fourth-order valence-electron chi connectivity index (χ4n) is 3.49. The summed E-state index contributed by atoms with van der Waals surface area (Å²) in [6.45, 7) is 2.89. The maximum absolute atomic E-state index is 13.5. The number of halogens is 1. The van der Waals surface area contributed by atoms with Gasteiger partial charge in [0.2, 0.25) is 5.55 Å². The number of carbonyl (C=O) groups excluding carboxylic acids is 1. The average molecular weight is 410 g/mol. The van der Waals surface area contributed by atoms with Gasteiger partial charge in [-0.3, -0.25) is 4.79 Å². The van der Waals surface area contributed by atoms with Crippen molar-refractivity contribution in [1.82, 2.24) is 5.32 Å². The summed E-state index contributed by atoms with van der Waals surface area (Å²) in [6.07, 6.45) is 1.94. The maximum atomic E-state index is 13.5. The number of fused-ring (bicyclic) bond motifs is 1. The van der Waals surface area contributed by atoms with E-state index in [0.717, 1.165) is 19.4 Å². The van der Waals surface area contributed by atoms with Crippen LogP contribution in [0.2, 0.25) is 0 Å². The molecule has 0 radical (unpaired) electrons. The first-order chi connectivity index (χ1) is 14.5. The fraction of sp³-hybridized carbons (Fsp3) is 0.304. The SMILES string of the molecule is COc1cccc2cc(C(=O)NCC3CCCO3)c(=Nc3ccc(F)cc3C)oc12. The summed E-state index contributed by atoms with van der Waals surface area (Å²) in [5.41, 5.74) is 2.05. The summed E-state index contributed by atoms with van der Waals surface area (Å²) >= 11 is 0. The number of aryl methyl sites for hydroxylation is 1. The van der Waals surface area contributed by atoms with Gasteiger partial charge in [-0.1, -0.05) is 12.1 Å². The monoisotopic (exact) mass is 410 g/mol. The summed E-state index contributed by atoms with van der Waals surface area (Å²) < 4.78 is 30.5. The Morgan fingerprint density at radius 2 is 2.17 bits per heavy atom. The number of hydrogen-bond donors (Lipinski definition) is 1. The van der Waals surface area contributed by atoms with E-state index in [1.807, 2.05) is 12.1 Å². The first-order valence-corrected chi connectivity index (χ1v) is 9.86. The molecule has 1 atom stereocenters. The van der Waals surface area contributed by atoms with Crippen molar-refractivity contribution in [3.05, 3.63) is 65.0 Å². The van der Waals surface area contributed by atoms with Gasteiger partial charge in [0, 0.05) is 18.5 Å². The Kier molecular flexibility index (Phi) is 5.81. The van der Waals surface area contributed by atoms with E-state index in [1.54, 1.807) is 32.2 Å². The summed E-state index contributed by atoms with van der Waals surface area (Å²) in [5, 5.41) is 3.62. The Morgan fingerprint density at radius 3 is 2.90 bits per heavy atom. The van der Waals surface area contributed by atoms with Gasteiger partial charge in [-0.15, -0.1) is 0 Å². The van der Waals surface area contributed by atoms with Crippen molar-refractivity contribution in [3.63, 3.8) is 0 Å². The Labute approximate surface area is 173 Å². The number of benzene rings is 2. The normalized spacial score (nSPS) is 16.8. The minimum atomic E-state index is -0.349. The number of methoxy groups -OCH3 is 1. The van der Waals surface area contributed by atoms with E-state index in [2.05, 4.69) is 10.3 Å². The zero-order valence-corrected chi connectivity index (χ0v) is 16.9. The first kappa shape index (κ1) is 20.1. The van der Waals surface area contributed by atoms with Gasteiger partial charge < -0.3 is 19.2 Å². The average Bonchev–Trinajstić information content (AvgIpc) is 3.26. The molecule has 156 valence electrons.